The van der Waals surface area contributed by atoms with E-state index in [0.717, 1.165) is 25.7 Å². The number of ether oxygens (including phenoxy) is 2. The van der Waals surface area contributed by atoms with Gasteiger partial charge < -0.3 is 9.47 Å². The molecule has 1 atom stereocenters. The van der Waals surface area contributed by atoms with Gasteiger partial charge in [-0.25, -0.2) is 4.79 Å². The van der Waals surface area contributed by atoms with E-state index in [2.05, 4.69) is 11.7 Å². The summed E-state index contributed by atoms with van der Waals surface area (Å²) in [6.45, 7) is 2.56. The van der Waals surface area contributed by atoms with Crippen LogP contribution in [0.4, 0.5) is 0 Å². The third kappa shape index (κ3) is 3.36. The summed E-state index contributed by atoms with van der Waals surface area (Å²) in [5, 5.41) is 0. The highest BCUT2D eigenvalue weighted by Crippen LogP contribution is 2.14. The number of carbonyl (C=O) groups is 2. The summed E-state index contributed by atoms with van der Waals surface area (Å²) >= 11 is 0. The average molecular weight is 200 g/mol. The molecule has 0 bridgehead atoms. The predicted octanol–water partition coefficient (Wildman–Crippen LogP) is 1.43. The van der Waals surface area contributed by atoms with E-state index in [1.165, 1.54) is 0 Å². The molecule has 0 aliphatic carbocycles. The number of hydrogen-bond donors (Lipinski definition) is 0. The fraction of sp³-hybridized carbons (Fsp3) is 0.800. The Kier molecular flexibility index (Phi) is 4.43. The highest BCUT2D eigenvalue weighted by molar-refractivity contribution is 5.89. The van der Waals surface area contributed by atoms with Crippen molar-refractivity contribution < 1.29 is 19.1 Å². The Morgan fingerprint density at radius 1 is 1.50 bits per heavy atom. The van der Waals surface area contributed by atoms with Crippen LogP contribution in [0.25, 0.3) is 0 Å². The molecule has 1 rings (SSSR count). The van der Waals surface area contributed by atoms with Gasteiger partial charge in [0.05, 0.1) is 13.0 Å². The third-order valence-electron chi connectivity index (χ3n) is 2.13. The molecule has 0 spiro atoms. The molecule has 0 amide bonds. The van der Waals surface area contributed by atoms with Crippen molar-refractivity contribution in [2.24, 2.45) is 0 Å². The van der Waals surface area contributed by atoms with Crippen LogP contribution in [-0.2, 0) is 19.1 Å². The molecule has 0 aromatic heterocycles. The molecule has 4 nitrogen and oxygen atoms in total. The van der Waals surface area contributed by atoms with Crippen molar-refractivity contribution >= 4 is 11.9 Å². The maximum atomic E-state index is 11.1. The average Bonchev–Trinajstić information content (AvgIpc) is 2.12. The first-order valence-corrected chi connectivity index (χ1v) is 5.10. The van der Waals surface area contributed by atoms with Gasteiger partial charge in [0.15, 0.2) is 0 Å². The number of carbonyl (C=O) groups excluding carboxylic acids is 2. The van der Waals surface area contributed by atoms with Crippen LogP contribution in [0.3, 0.4) is 0 Å². The maximum absolute atomic E-state index is 11.1. The Labute approximate surface area is 83.6 Å². The molecule has 1 saturated heterocycles. The van der Waals surface area contributed by atoms with Gasteiger partial charge in [0.2, 0.25) is 6.10 Å². The number of cyclic esters (lactones) is 1. The van der Waals surface area contributed by atoms with Gasteiger partial charge in [-0.2, -0.15) is 0 Å². The molecule has 1 heterocycles. The summed E-state index contributed by atoms with van der Waals surface area (Å²) in [5.41, 5.74) is 0. The number of rotatable bonds is 6. The molecule has 14 heavy (non-hydrogen) atoms. The van der Waals surface area contributed by atoms with Crippen LogP contribution in [0.5, 0.6) is 0 Å². The Hall–Kier alpha value is -1.06. The number of esters is 2. The molecule has 0 radical (unpaired) electrons. The van der Waals surface area contributed by atoms with E-state index in [9.17, 15) is 9.59 Å². The van der Waals surface area contributed by atoms with Crippen molar-refractivity contribution in [1.29, 1.82) is 0 Å². The largest absolute Gasteiger partial charge is 0.463 e. The van der Waals surface area contributed by atoms with Crippen LogP contribution in [0.15, 0.2) is 0 Å². The molecule has 0 aromatic rings. The van der Waals surface area contributed by atoms with Crippen LogP contribution in [0, 0.1) is 0 Å². The third-order valence-corrected chi connectivity index (χ3v) is 2.13. The standard InChI is InChI=1S/C10H16O4/c1-2-3-4-5-6-13-10(12)8-7-9(11)14-8/h8H,2-7H2,1H3. The zero-order valence-electron chi connectivity index (χ0n) is 8.45. The van der Waals surface area contributed by atoms with Crippen molar-refractivity contribution in [3.63, 3.8) is 0 Å². The maximum Gasteiger partial charge on any atom is 0.348 e. The Bertz CT molecular complexity index is 204. The van der Waals surface area contributed by atoms with Crippen molar-refractivity contribution in [1.82, 2.24) is 0 Å². The van der Waals surface area contributed by atoms with Gasteiger partial charge in [0, 0.05) is 0 Å². The van der Waals surface area contributed by atoms with Gasteiger partial charge in [0.25, 0.3) is 0 Å². The van der Waals surface area contributed by atoms with Crippen LogP contribution in [-0.4, -0.2) is 24.6 Å². The van der Waals surface area contributed by atoms with Gasteiger partial charge in [-0.15, -0.1) is 0 Å². The van der Waals surface area contributed by atoms with E-state index >= 15 is 0 Å². The molecule has 1 unspecified atom stereocenters. The monoisotopic (exact) mass is 200 g/mol. The molecule has 0 aromatic carbocycles. The number of hydrogen-bond acceptors (Lipinski definition) is 4. The first-order valence-electron chi connectivity index (χ1n) is 5.10. The molecular weight excluding hydrogens is 184 g/mol. The van der Waals surface area contributed by atoms with Crippen LogP contribution in [0.1, 0.15) is 39.0 Å². The second kappa shape index (κ2) is 5.62. The second-order valence-electron chi connectivity index (χ2n) is 3.41. The molecule has 1 aliphatic rings. The predicted molar refractivity (Wildman–Crippen MR) is 49.6 cm³/mol. The van der Waals surface area contributed by atoms with Crippen molar-refractivity contribution in [3.05, 3.63) is 0 Å². The quantitative estimate of drug-likeness (QED) is 0.480. The van der Waals surface area contributed by atoms with E-state index in [1.807, 2.05) is 0 Å². The van der Waals surface area contributed by atoms with E-state index in [0.29, 0.717) is 6.61 Å². The van der Waals surface area contributed by atoms with E-state index in [1.54, 1.807) is 0 Å². The van der Waals surface area contributed by atoms with Crippen molar-refractivity contribution in [2.45, 2.75) is 45.1 Å². The fourth-order valence-electron chi connectivity index (χ4n) is 1.23. The van der Waals surface area contributed by atoms with Crippen molar-refractivity contribution in [2.75, 3.05) is 6.61 Å². The summed E-state index contributed by atoms with van der Waals surface area (Å²) in [5.74, 6) is -0.723. The van der Waals surface area contributed by atoms with Crippen LogP contribution in [0.2, 0.25) is 0 Å². The molecule has 80 valence electrons. The van der Waals surface area contributed by atoms with Crippen LogP contribution >= 0.6 is 0 Å². The molecule has 1 aliphatic heterocycles. The number of unbranched alkanes of at least 4 members (excludes halogenated alkanes) is 3. The second-order valence-corrected chi connectivity index (χ2v) is 3.41. The molecule has 4 heteroatoms. The highest BCUT2D eigenvalue weighted by atomic mass is 16.6. The molecule has 1 fully saturated rings. The van der Waals surface area contributed by atoms with Crippen molar-refractivity contribution in [3.8, 4) is 0 Å². The minimum absolute atomic E-state index is 0.174. The highest BCUT2D eigenvalue weighted by Gasteiger charge is 2.36. The normalized spacial score (nSPS) is 19.8. The van der Waals surface area contributed by atoms with E-state index in [-0.39, 0.29) is 12.4 Å². The van der Waals surface area contributed by atoms with Gasteiger partial charge >= 0.3 is 11.9 Å². The Morgan fingerprint density at radius 2 is 2.21 bits per heavy atom. The van der Waals surface area contributed by atoms with E-state index < -0.39 is 12.1 Å². The lowest BCUT2D eigenvalue weighted by Crippen LogP contribution is -2.40. The minimum Gasteiger partial charge on any atom is -0.463 e. The first kappa shape index (κ1) is 11.0. The Balaban J connectivity index is 1.96. The summed E-state index contributed by atoms with van der Waals surface area (Å²) in [4.78, 5) is 21.5. The zero-order valence-corrected chi connectivity index (χ0v) is 8.45. The zero-order chi connectivity index (χ0) is 10.4. The summed E-state index contributed by atoms with van der Waals surface area (Å²) in [6.07, 6.45) is 3.83. The van der Waals surface area contributed by atoms with Gasteiger partial charge in [0.1, 0.15) is 0 Å². The molecular formula is C10H16O4. The SMILES string of the molecule is CCCCCCOC(=O)C1CC(=O)O1. The minimum atomic E-state index is -0.631. The topological polar surface area (TPSA) is 52.6 Å². The summed E-state index contributed by atoms with van der Waals surface area (Å²) in [6, 6.07) is 0. The van der Waals surface area contributed by atoms with E-state index in [4.69, 9.17) is 4.74 Å². The summed E-state index contributed by atoms with van der Waals surface area (Å²) in [7, 11) is 0. The fourth-order valence-corrected chi connectivity index (χ4v) is 1.23. The lowest BCUT2D eigenvalue weighted by Gasteiger charge is -2.23. The van der Waals surface area contributed by atoms with Gasteiger partial charge in [-0.1, -0.05) is 26.2 Å². The summed E-state index contributed by atoms with van der Waals surface area (Å²) < 4.78 is 9.49. The first-order chi connectivity index (χ1) is 6.74. The Morgan fingerprint density at radius 3 is 2.79 bits per heavy atom. The smallest absolute Gasteiger partial charge is 0.348 e. The lowest BCUT2D eigenvalue weighted by atomic mass is 10.2. The van der Waals surface area contributed by atoms with Crippen LogP contribution < -0.4 is 0 Å². The lowest BCUT2D eigenvalue weighted by molar-refractivity contribution is -0.185. The van der Waals surface area contributed by atoms with Gasteiger partial charge in [-0.3, -0.25) is 4.79 Å². The van der Waals surface area contributed by atoms with Gasteiger partial charge in [-0.05, 0) is 6.42 Å². The molecule has 0 N–H and O–H groups in total. The molecule has 0 saturated carbocycles.